The van der Waals surface area contributed by atoms with Crippen LogP contribution in [0.5, 0.6) is 0 Å². The van der Waals surface area contributed by atoms with Crippen molar-refractivity contribution in [3.05, 3.63) is 29.8 Å². The lowest BCUT2D eigenvalue weighted by atomic mass is 10.0. The first kappa shape index (κ1) is 14.3. The summed E-state index contributed by atoms with van der Waals surface area (Å²) in [6.45, 7) is 8.82. The van der Waals surface area contributed by atoms with Crippen molar-refractivity contribution < 1.29 is 4.90 Å². The molecular formula is C15H24N3S+. The number of rotatable bonds is 2. The van der Waals surface area contributed by atoms with Gasteiger partial charge in [0.05, 0.1) is 33.2 Å². The monoisotopic (exact) mass is 278 g/mol. The highest BCUT2D eigenvalue weighted by Gasteiger charge is 2.18. The van der Waals surface area contributed by atoms with Gasteiger partial charge in [-0.15, -0.1) is 0 Å². The molecular weight excluding hydrogens is 254 g/mol. The summed E-state index contributed by atoms with van der Waals surface area (Å²) in [4.78, 5) is 3.85. The van der Waals surface area contributed by atoms with Crippen LogP contribution in [0.4, 0.5) is 5.69 Å². The van der Waals surface area contributed by atoms with Gasteiger partial charge in [-0.05, 0) is 35.8 Å². The van der Waals surface area contributed by atoms with Gasteiger partial charge in [-0.25, -0.2) is 0 Å². The normalized spacial score (nSPS) is 16.7. The van der Waals surface area contributed by atoms with Crippen LogP contribution in [0.25, 0.3) is 0 Å². The molecule has 2 rings (SSSR count). The molecule has 0 aromatic heterocycles. The Labute approximate surface area is 121 Å². The fourth-order valence-electron chi connectivity index (χ4n) is 2.25. The summed E-state index contributed by atoms with van der Waals surface area (Å²) < 4.78 is 0. The van der Waals surface area contributed by atoms with Crippen molar-refractivity contribution in [2.45, 2.75) is 19.8 Å². The summed E-state index contributed by atoms with van der Waals surface area (Å²) in [6, 6.07) is 8.57. The summed E-state index contributed by atoms with van der Waals surface area (Å²) in [5, 5.41) is 4.19. The van der Waals surface area contributed by atoms with Crippen LogP contribution in [0, 0.1) is 0 Å². The van der Waals surface area contributed by atoms with E-state index in [1.54, 1.807) is 4.90 Å². The van der Waals surface area contributed by atoms with Crippen LogP contribution < -0.4 is 10.2 Å². The number of benzene rings is 1. The molecule has 0 unspecified atom stereocenters. The average Bonchev–Trinajstić information content (AvgIpc) is 2.40. The molecule has 104 valence electrons. The molecule has 4 heteroatoms. The van der Waals surface area contributed by atoms with Gasteiger partial charge < -0.3 is 15.1 Å². The van der Waals surface area contributed by atoms with Gasteiger partial charge in [0.15, 0.2) is 5.11 Å². The van der Waals surface area contributed by atoms with E-state index in [1.165, 1.54) is 5.56 Å². The minimum Gasteiger partial charge on any atom is -0.338 e. The van der Waals surface area contributed by atoms with Gasteiger partial charge in [-0.3, -0.25) is 0 Å². The Morgan fingerprint density at radius 3 is 2.32 bits per heavy atom. The largest absolute Gasteiger partial charge is 0.338 e. The van der Waals surface area contributed by atoms with E-state index in [2.05, 4.69) is 55.4 Å². The van der Waals surface area contributed by atoms with E-state index in [4.69, 9.17) is 12.2 Å². The van der Waals surface area contributed by atoms with Crippen molar-refractivity contribution in [3.63, 3.8) is 0 Å². The highest BCUT2D eigenvalue weighted by atomic mass is 32.1. The molecule has 0 radical (unpaired) electrons. The molecule has 3 nitrogen and oxygen atoms in total. The van der Waals surface area contributed by atoms with Crippen molar-refractivity contribution in [3.8, 4) is 0 Å². The molecule has 1 fully saturated rings. The summed E-state index contributed by atoms with van der Waals surface area (Å²) in [6.07, 6.45) is 0. The van der Waals surface area contributed by atoms with Crippen LogP contribution in [-0.4, -0.2) is 43.2 Å². The van der Waals surface area contributed by atoms with E-state index >= 15 is 0 Å². The number of hydrogen-bond acceptors (Lipinski definition) is 1. The highest BCUT2D eigenvalue weighted by molar-refractivity contribution is 7.80. The van der Waals surface area contributed by atoms with Gasteiger partial charge in [-0.2, -0.15) is 0 Å². The number of nitrogens with one attached hydrogen (secondary N) is 2. The summed E-state index contributed by atoms with van der Waals surface area (Å²) in [5.74, 6) is 0.571. The molecule has 0 atom stereocenters. The van der Waals surface area contributed by atoms with Crippen LogP contribution in [0.2, 0.25) is 0 Å². The molecule has 1 heterocycles. The van der Waals surface area contributed by atoms with E-state index in [0.717, 1.165) is 37.0 Å². The van der Waals surface area contributed by atoms with Gasteiger partial charge in [0.1, 0.15) is 0 Å². The number of nitrogens with zero attached hydrogens (tertiary/aromatic N) is 1. The first-order valence-electron chi connectivity index (χ1n) is 7.03. The minimum atomic E-state index is 0.571. The summed E-state index contributed by atoms with van der Waals surface area (Å²) >= 11 is 5.48. The first-order valence-corrected chi connectivity index (χ1v) is 7.44. The second-order valence-corrected chi connectivity index (χ2v) is 6.04. The Kier molecular flexibility index (Phi) is 4.77. The van der Waals surface area contributed by atoms with Crippen LogP contribution in [0.15, 0.2) is 24.3 Å². The number of hydrogen-bond donors (Lipinski definition) is 2. The topological polar surface area (TPSA) is 19.7 Å². The molecule has 0 amide bonds. The van der Waals surface area contributed by atoms with Crippen LogP contribution in [-0.2, 0) is 0 Å². The highest BCUT2D eigenvalue weighted by Crippen LogP contribution is 2.17. The number of quaternary nitrogens is 1. The zero-order chi connectivity index (χ0) is 13.8. The van der Waals surface area contributed by atoms with Gasteiger partial charge in [0, 0.05) is 5.69 Å². The third-order valence-corrected chi connectivity index (χ3v) is 4.09. The predicted molar refractivity (Wildman–Crippen MR) is 84.9 cm³/mol. The van der Waals surface area contributed by atoms with E-state index in [9.17, 15) is 0 Å². The second-order valence-electron chi connectivity index (χ2n) is 5.65. The van der Waals surface area contributed by atoms with Gasteiger partial charge >= 0.3 is 0 Å². The molecule has 1 aliphatic heterocycles. The molecule has 0 saturated carbocycles. The number of likely N-dealkylation sites (N-methyl/N-ethyl adjacent to an activating group) is 1. The standard InChI is InChI=1S/C15H23N3S/c1-12(2)13-4-6-14(7-5-13)16-15(19)18-10-8-17(3)9-11-18/h4-7,12H,8-11H2,1-3H3,(H,16,19)/p+1. The molecule has 1 saturated heterocycles. The molecule has 0 aliphatic carbocycles. The Morgan fingerprint density at radius 1 is 1.21 bits per heavy atom. The van der Waals surface area contributed by atoms with Gasteiger partial charge in [0.2, 0.25) is 0 Å². The van der Waals surface area contributed by atoms with Crippen LogP contribution >= 0.6 is 12.2 Å². The zero-order valence-electron chi connectivity index (χ0n) is 12.1. The summed E-state index contributed by atoms with van der Waals surface area (Å²) in [5.41, 5.74) is 2.44. The lowest BCUT2D eigenvalue weighted by molar-refractivity contribution is -0.883. The third-order valence-electron chi connectivity index (χ3n) is 3.73. The van der Waals surface area contributed by atoms with E-state index in [0.29, 0.717) is 5.92 Å². The Balaban J connectivity index is 1.91. The third kappa shape index (κ3) is 3.91. The first-order chi connectivity index (χ1) is 9.06. The zero-order valence-corrected chi connectivity index (χ0v) is 12.9. The number of piperazine rings is 1. The van der Waals surface area contributed by atoms with Crippen LogP contribution in [0.1, 0.15) is 25.3 Å². The lowest BCUT2D eigenvalue weighted by Gasteiger charge is -2.32. The minimum absolute atomic E-state index is 0.571. The SMILES string of the molecule is CC(C)c1ccc(NC(=S)N2CC[NH+](C)CC2)cc1. The van der Waals surface area contributed by atoms with Crippen molar-refractivity contribution >= 4 is 23.0 Å². The van der Waals surface area contributed by atoms with E-state index in [1.807, 2.05) is 0 Å². The quantitative estimate of drug-likeness (QED) is 0.797. The summed E-state index contributed by atoms with van der Waals surface area (Å²) in [7, 11) is 2.23. The van der Waals surface area contributed by atoms with E-state index in [-0.39, 0.29) is 0 Å². The Hall–Kier alpha value is -1.13. The van der Waals surface area contributed by atoms with E-state index < -0.39 is 0 Å². The fourth-order valence-corrected chi connectivity index (χ4v) is 2.55. The molecule has 2 N–H and O–H groups in total. The number of anilines is 1. The maximum Gasteiger partial charge on any atom is 0.173 e. The van der Waals surface area contributed by atoms with Crippen LogP contribution in [0.3, 0.4) is 0 Å². The predicted octanol–water partition coefficient (Wildman–Crippen LogP) is 1.34. The maximum atomic E-state index is 5.48. The molecule has 0 bridgehead atoms. The fraction of sp³-hybridized carbons (Fsp3) is 0.533. The number of thiocarbonyl (C=S) groups is 1. The van der Waals surface area contributed by atoms with Crippen molar-refractivity contribution in [1.29, 1.82) is 0 Å². The molecule has 1 aromatic carbocycles. The molecule has 1 aliphatic rings. The molecule has 19 heavy (non-hydrogen) atoms. The molecule has 0 spiro atoms. The molecule has 1 aromatic rings. The van der Waals surface area contributed by atoms with Gasteiger partial charge in [0.25, 0.3) is 0 Å². The Bertz CT molecular complexity index is 420. The van der Waals surface area contributed by atoms with Crippen molar-refractivity contribution in [1.82, 2.24) is 4.90 Å². The smallest absolute Gasteiger partial charge is 0.173 e. The lowest BCUT2D eigenvalue weighted by Crippen LogP contribution is -3.12. The Morgan fingerprint density at radius 2 is 1.79 bits per heavy atom. The van der Waals surface area contributed by atoms with Crippen molar-refractivity contribution in [2.75, 3.05) is 38.5 Å². The van der Waals surface area contributed by atoms with Crippen molar-refractivity contribution in [2.24, 2.45) is 0 Å². The second kappa shape index (κ2) is 6.35. The van der Waals surface area contributed by atoms with Gasteiger partial charge in [-0.1, -0.05) is 26.0 Å². The average molecular weight is 278 g/mol. The maximum absolute atomic E-state index is 5.48.